The topological polar surface area (TPSA) is 101 Å². The van der Waals surface area contributed by atoms with E-state index in [2.05, 4.69) is 15.5 Å². The number of nitrogens with zero attached hydrogens (tertiary/aromatic N) is 2. The Morgan fingerprint density at radius 3 is 2.28 bits per heavy atom. The molecule has 4 N–H and O–H groups in total. The van der Waals surface area contributed by atoms with Crippen LogP contribution < -0.4 is 11.1 Å². The van der Waals surface area contributed by atoms with Gasteiger partial charge in [-0.15, -0.1) is 10.2 Å². The first kappa shape index (κ1) is 19.2. The van der Waals surface area contributed by atoms with Gasteiger partial charge in [-0.25, -0.2) is 0 Å². The molecule has 29 heavy (non-hydrogen) atoms. The molecule has 0 aliphatic heterocycles. The third kappa shape index (κ3) is 3.90. The SMILES string of the molecule is CC(=O)Nc1cc(-c2ccccc2)c(-c2ccc(C3(N)CC(C)(O)C3)cc2)nn1. The summed E-state index contributed by atoms with van der Waals surface area (Å²) in [6, 6.07) is 19.6. The van der Waals surface area contributed by atoms with E-state index in [0.29, 0.717) is 18.7 Å². The average Bonchev–Trinajstić information content (AvgIpc) is 2.67. The van der Waals surface area contributed by atoms with Gasteiger partial charge in [-0.2, -0.15) is 0 Å². The first-order chi connectivity index (χ1) is 13.8. The predicted molar refractivity (Wildman–Crippen MR) is 113 cm³/mol. The average molecular weight is 388 g/mol. The maximum absolute atomic E-state index is 11.4. The summed E-state index contributed by atoms with van der Waals surface area (Å²) in [7, 11) is 0. The minimum absolute atomic E-state index is 0.194. The summed E-state index contributed by atoms with van der Waals surface area (Å²) in [6.07, 6.45) is 1.08. The van der Waals surface area contributed by atoms with Crippen molar-refractivity contribution in [2.45, 2.75) is 37.8 Å². The molecule has 1 aliphatic rings. The lowest BCUT2D eigenvalue weighted by atomic mass is 9.63. The lowest BCUT2D eigenvalue weighted by Crippen LogP contribution is -2.58. The number of benzene rings is 2. The van der Waals surface area contributed by atoms with E-state index in [-0.39, 0.29) is 5.91 Å². The number of rotatable bonds is 4. The predicted octanol–water partition coefficient (Wildman–Crippen LogP) is 3.47. The van der Waals surface area contributed by atoms with E-state index in [1.165, 1.54) is 6.92 Å². The highest BCUT2D eigenvalue weighted by molar-refractivity contribution is 5.90. The van der Waals surface area contributed by atoms with Crippen molar-refractivity contribution >= 4 is 11.7 Å². The number of aromatic nitrogens is 2. The van der Waals surface area contributed by atoms with Crippen LogP contribution in [0.2, 0.25) is 0 Å². The first-order valence-corrected chi connectivity index (χ1v) is 9.59. The molecule has 0 radical (unpaired) electrons. The van der Waals surface area contributed by atoms with Gasteiger partial charge in [0.1, 0.15) is 5.69 Å². The van der Waals surface area contributed by atoms with Gasteiger partial charge in [0, 0.05) is 23.6 Å². The molecule has 3 aromatic rings. The fraction of sp³-hybridized carbons (Fsp3) is 0.261. The third-order valence-corrected chi connectivity index (χ3v) is 5.31. The van der Waals surface area contributed by atoms with E-state index in [9.17, 15) is 9.90 Å². The number of nitrogens with two attached hydrogens (primary N) is 1. The summed E-state index contributed by atoms with van der Waals surface area (Å²) in [6.45, 7) is 3.25. The second-order valence-electron chi connectivity index (χ2n) is 8.12. The van der Waals surface area contributed by atoms with E-state index in [1.807, 2.05) is 67.6 Å². The van der Waals surface area contributed by atoms with Crippen LogP contribution in [0.4, 0.5) is 5.82 Å². The van der Waals surface area contributed by atoms with Gasteiger partial charge in [-0.3, -0.25) is 4.79 Å². The fourth-order valence-electron chi connectivity index (χ4n) is 4.16. The Labute approximate surface area is 169 Å². The molecule has 6 nitrogen and oxygen atoms in total. The van der Waals surface area contributed by atoms with Gasteiger partial charge in [-0.05, 0) is 37.0 Å². The zero-order valence-electron chi connectivity index (χ0n) is 16.5. The van der Waals surface area contributed by atoms with Crippen molar-refractivity contribution < 1.29 is 9.90 Å². The molecule has 6 heteroatoms. The van der Waals surface area contributed by atoms with Crippen molar-refractivity contribution in [2.24, 2.45) is 5.73 Å². The van der Waals surface area contributed by atoms with Gasteiger partial charge in [-0.1, -0.05) is 54.6 Å². The molecule has 1 aliphatic carbocycles. The van der Waals surface area contributed by atoms with Crippen molar-refractivity contribution in [3.63, 3.8) is 0 Å². The quantitative estimate of drug-likeness (QED) is 0.635. The van der Waals surface area contributed by atoms with Crippen LogP contribution in [0.15, 0.2) is 60.7 Å². The minimum Gasteiger partial charge on any atom is -0.390 e. The van der Waals surface area contributed by atoms with Gasteiger partial charge in [0.2, 0.25) is 5.91 Å². The van der Waals surface area contributed by atoms with Crippen LogP contribution in [0.5, 0.6) is 0 Å². The Bertz CT molecular complexity index is 1040. The van der Waals surface area contributed by atoms with Gasteiger partial charge < -0.3 is 16.2 Å². The monoisotopic (exact) mass is 388 g/mol. The standard InChI is InChI=1S/C23H24N4O2/c1-15(28)25-20-12-19(16-6-4-3-5-7-16)21(27-26-20)17-8-10-18(11-9-17)23(24)13-22(2,29)14-23/h3-12,29H,13-14,24H2,1-2H3,(H,25,26,28). The van der Waals surface area contributed by atoms with E-state index in [1.54, 1.807) is 0 Å². The van der Waals surface area contributed by atoms with Crippen molar-refractivity contribution in [3.05, 3.63) is 66.2 Å². The number of nitrogens with one attached hydrogen (secondary N) is 1. The number of hydrogen-bond acceptors (Lipinski definition) is 5. The summed E-state index contributed by atoms with van der Waals surface area (Å²) in [5.74, 6) is 0.217. The molecule has 1 amide bonds. The van der Waals surface area contributed by atoms with E-state index >= 15 is 0 Å². The Balaban J connectivity index is 1.72. The molecule has 4 rings (SSSR count). The smallest absolute Gasteiger partial charge is 0.222 e. The van der Waals surface area contributed by atoms with Gasteiger partial charge >= 0.3 is 0 Å². The fourth-order valence-corrected chi connectivity index (χ4v) is 4.16. The van der Waals surface area contributed by atoms with Crippen molar-refractivity contribution in [1.82, 2.24) is 10.2 Å². The molecular weight excluding hydrogens is 364 g/mol. The molecular formula is C23H24N4O2. The largest absolute Gasteiger partial charge is 0.390 e. The molecule has 0 saturated heterocycles. The van der Waals surface area contributed by atoms with Crippen LogP contribution in [0.3, 0.4) is 0 Å². The van der Waals surface area contributed by atoms with E-state index < -0.39 is 11.1 Å². The highest BCUT2D eigenvalue weighted by Crippen LogP contribution is 2.46. The first-order valence-electron chi connectivity index (χ1n) is 9.59. The number of carbonyl (C=O) groups is 1. The molecule has 1 saturated carbocycles. The van der Waals surface area contributed by atoms with Crippen LogP contribution in [0, 0.1) is 0 Å². The molecule has 1 fully saturated rings. The zero-order chi connectivity index (χ0) is 20.6. The summed E-state index contributed by atoms with van der Waals surface area (Å²) < 4.78 is 0. The Morgan fingerprint density at radius 1 is 1.03 bits per heavy atom. The van der Waals surface area contributed by atoms with Gasteiger partial charge in [0.25, 0.3) is 0 Å². The Kier molecular flexibility index (Phi) is 4.68. The number of aliphatic hydroxyl groups is 1. The highest BCUT2D eigenvalue weighted by atomic mass is 16.3. The number of amides is 1. The highest BCUT2D eigenvalue weighted by Gasteiger charge is 2.49. The summed E-state index contributed by atoms with van der Waals surface area (Å²) in [5.41, 5.74) is 9.75. The number of carbonyl (C=O) groups excluding carboxylic acids is 1. The van der Waals surface area contributed by atoms with E-state index in [0.717, 1.165) is 27.9 Å². The molecule has 148 valence electrons. The maximum atomic E-state index is 11.4. The minimum atomic E-state index is -0.696. The number of hydrogen-bond donors (Lipinski definition) is 3. The van der Waals surface area contributed by atoms with Gasteiger partial charge in [0.05, 0.1) is 5.60 Å². The normalized spacial score (nSPS) is 23.3. The molecule has 2 aromatic carbocycles. The van der Waals surface area contributed by atoms with Crippen LogP contribution in [0.1, 0.15) is 32.3 Å². The lowest BCUT2D eigenvalue weighted by Gasteiger charge is -2.49. The zero-order valence-corrected chi connectivity index (χ0v) is 16.5. The summed E-state index contributed by atoms with van der Waals surface area (Å²) in [4.78, 5) is 11.4. The Morgan fingerprint density at radius 2 is 1.69 bits per heavy atom. The van der Waals surface area contributed by atoms with Crippen LogP contribution in [0.25, 0.3) is 22.4 Å². The lowest BCUT2D eigenvalue weighted by molar-refractivity contribution is -0.114. The van der Waals surface area contributed by atoms with Gasteiger partial charge in [0.15, 0.2) is 5.82 Å². The van der Waals surface area contributed by atoms with Crippen LogP contribution in [-0.4, -0.2) is 26.8 Å². The molecule has 0 spiro atoms. The van der Waals surface area contributed by atoms with Crippen LogP contribution >= 0.6 is 0 Å². The molecule has 0 unspecified atom stereocenters. The third-order valence-electron chi connectivity index (χ3n) is 5.31. The van der Waals surface area contributed by atoms with E-state index in [4.69, 9.17) is 5.73 Å². The molecule has 1 heterocycles. The second kappa shape index (κ2) is 7.06. The number of anilines is 1. The van der Waals surface area contributed by atoms with Crippen molar-refractivity contribution in [3.8, 4) is 22.4 Å². The molecule has 0 bridgehead atoms. The maximum Gasteiger partial charge on any atom is 0.222 e. The van der Waals surface area contributed by atoms with Crippen molar-refractivity contribution in [1.29, 1.82) is 0 Å². The second-order valence-corrected chi connectivity index (χ2v) is 8.12. The van der Waals surface area contributed by atoms with Crippen molar-refractivity contribution in [2.75, 3.05) is 5.32 Å². The summed E-state index contributed by atoms with van der Waals surface area (Å²) >= 11 is 0. The van der Waals surface area contributed by atoms with Crippen LogP contribution in [-0.2, 0) is 10.3 Å². The summed E-state index contributed by atoms with van der Waals surface area (Å²) in [5, 5.41) is 21.3. The molecule has 1 aromatic heterocycles. The molecule has 0 atom stereocenters. The Hall–Kier alpha value is -3.09.